The summed E-state index contributed by atoms with van der Waals surface area (Å²) in [6.45, 7) is 5.13. The van der Waals surface area contributed by atoms with Crippen molar-refractivity contribution in [2.75, 3.05) is 6.54 Å². The van der Waals surface area contributed by atoms with Crippen molar-refractivity contribution in [3.8, 4) is 5.69 Å². The molecule has 0 aliphatic rings. The van der Waals surface area contributed by atoms with Gasteiger partial charge in [0.05, 0.1) is 10.7 Å². The predicted octanol–water partition coefficient (Wildman–Crippen LogP) is 2.59. The van der Waals surface area contributed by atoms with Gasteiger partial charge in [-0.25, -0.2) is 9.67 Å². The molecule has 1 aromatic heterocycles. The zero-order valence-corrected chi connectivity index (χ0v) is 10.6. The van der Waals surface area contributed by atoms with Crippen LogP contribution in [0.3, 0.4) is 0 Å². The average molecular weight is 251 g/mol. The lowest BCUT2D eigenvalue weighted by Crippen LogP contribution is -2.17. The van der Waals surface area contributed by atoms with Crippen LogP contribution >= 0.6 is 11.6 Å². The van der Waals surface area contributed by atoms with Gasteiger partial charge in [0.2, 0.25) is 0 Å². The van der Waals surface area contributed by atoms with E-state index in [0.717, 1.165) is 12.2 Å². The normalized spacial score (nSPS) is 12.6. The molecule has 0 aliphatic heterocycles. The number of nitrogens with zero attached hydrogens (tertiary/aromatic N) is 3. The average Bonchev–Trinajstić information content (AvgIpc) is 2.82. The molecule has 0 radical (unpaired) electrons. The van der Waals surface area contributed by atoms with Crippen LogP contribution in [0.15, 0.2) is 30.9 Å². The van der Waals surface area contributed by atoms with Crippen molar-refractivity contribution in [2.45, 2.75) is 19.9 Å². The molecule has 0 saturated carbocycles. The highest BCUT2D eigenvalue weighted by Crippen LogP contribution is 2.24. The first-order valence-corrected chi connectivity index (χ1v) is 5.98. The minimum absolute atomic E-state index is 0.294. The van der Waals surface area contributed by atoms with Gasteiger partial charge in [0, 0.05) is 6.04 Å². The summed E-state index contributed by atoms with van der Waals surface area (Å²) in [5.74, 6) is 0. The summed E-state index contributed by atoms with van der Waals surface area (Å²) in [5, 5.41) is 8.09. The van der Waals surface area contributed by atoms with Crippen molar-refractivity contribution >= 4 is 11.6 Å². The fourth-order valence-electron chi connectivity index (χ4n) is 1.73. The van der Waals surface area contributed by atoms with Crippen LogP contribution in [-0.2, 0) is 0 Å². The summed E-state index contributed by atoms with van der Waals surface area (Å²) in [5.41, 5.74) is 2.01. The molecule has 1 N–H and O–H groups in total. The summed E-state index contributed by atoms with van der Waals surface area (Å²) >= 11 is 6.25. The van der Waals surface area contributed by atoms with Crippen molar-refractivity contribution in [2.24, 2.45) is 0 Å². The molecule has 1 aromatic carbocycles. The number of hydrogen-bond acceptors (Lipinski definition) is 3. The fraction of sp³-hybridized carbons (Fsp3) is 0.333. The van der Waals surface area contributed by atoms with Crippen LogP contribution < -0.4 is 5.32 Å². The third-order valence-electron chi connectivity index (χ3n) is 2.65. The lowest BCUT2D eigenvalue weighted by molar-refractivity contribution is 0.598. The number of benzene rings is 1. The number of aromatic nitrogens is 3. The Bertz CT molecular complexity index is 481. The summed E-state index contributed by atoms with van der Waals surface area (Å²) in [7, 11) is 0. The third-order valence-corrected chi connectivity index (χ3v) is 2.95. The van der Waals surface area contributed by atoms with E-state index in [4.69, 9.17) is 11.6 Å². The van der Waals surface area contributed by atoms with Crippen LogP contribution in [-0.4, -0.2) is 21.3 Å². The van der Waals surface area contributed by atoms with E-state index in [1.165, 1.54) is 11.9 Å². The van der Waals surface area contributed by atoms with E-state index in [-0.39, 0.29) is 0 Å². The first-order chi connectivity index (χ1) is 8.22. The Morgan fingerprint density at radius 1 is 1.47 bits per heavy atom. The monoisotopic (exact) mass is 250 g/mol. The summed E-state index contributed by atoms with van der Waals surface area (Å²) in [4.78, 5) is 3.91. The fourth-order valence-corrected chi connectivity index (χ4v) is 2.01. The Kier molecular flexibility index (Phi) is 3.76. The van der Waals surface area contributed by atoms with E-state index in [1.807, 2.05) is 12.1 Å². The molecule has 4 nitrogen and oxygen atoms in total. The van der Waals surface area contributed by atoms with E-state index in [0.29, 0.717) is 11.1 Å². The second-order valence-corrected chi connectivity index (χ2v) is 4.24. The lowest BCUT2D eigenvalue weighted by atomic mass is 10.1. The Hall–Kier alpha value is -1.39. The molecular weight excluding hydrogens is 236 g/mol. The minimum atomic E-state index is 0.294. The van der Waals surface area contributed by atoms with Crippen molar-refractivity contribution in [1.82, 2.24) is 20.1 Å². The van der Waals surface area contributed by atoms with Gasteiger partial charge >= 0.3 is 0 Å². The molecule has 1 heterocycles. The molecule has 0 saturated heterocycles. The molecule has 17 heavy (non-hydrogen) atoms. The first kappa shape index (κ1) is 12.1. The first-order valence-electron chi connectivity index (χ1n) is 5.60. The molecule has 90 valence electrons. The van der Waals surface area contributed by atoms with Crippen molar-refractivity contribution in [3.05, 3.63) is 41.4 Å². The number of halogens is 1. The largest absolute Gasteiger partial charge is 0.310 e. The zero-order valence-electron chi connectivity index (χ0n) is 9.89. The maximum atomic E-state index is 6.25. The van der Waals surface area contributed by atoms with Gasteiger partial charge in [-0.05, 0) is 31.2 Å². The minimum Gasteiger partial charge on any atom is -0.310 e. The molecule has 0 fully saturated rings. The SMILES string of the molecule is CCNC(C)c1ccc(-n2cncn2)c(Cl)c1. The van der Waals surface area contributed by atoms with Crippen LogP contribution in [0.25, 0.3) is 5.69 Å². The van der Waals surface area contributed by atoms with Crippen LogP contribution in [0.5, 0.6) is 0 Å². The molecule has 0 bridgehead atoms. The van der Waals surface area contributed by atoms with E-state index in [2.05, 4.69) is 35.3 Å². The molecule has 2 rings (SSSR count). The topological polar surface area (TPSA) is 42.7 Å². The molecule has 0 amide bonds. The van der Waals surface area contributed by atoms with Crippen molar-refractivity contribution < 1.29 is 0 Å². The molecule has 1 atom stereocenters. The van der Waals surface area contributed by atoms with Gasteiger partial charge in [0.1, 0.15) is 12.7 Å². The lowest BCUT2D eigenvalue weighted by Gasteiger charge is -2.14. The van der Waals surface area contributed by atoms with E-state index in [9.17, 15) is 0 Å². The van der Waals surface area contributed by atoms with Gasteiger partial charge in [0.15, 0.2) is 0 Å². The standard InChI is InChI=1S/C12H15ClN4/c1-3-15-9(2)10-4-5-12(11(13)6-10)17-8-14-7-16-17/h4-9,15H,3H2,1-2H3. The Labute approximate surface area is 106 Å². The van der Waals surface area contributed by atoms with Gasteiger partial charge in [-0.15, -0.1) is 0 Å². The smallest absolute Gasteiger partial charge is 0.138 e. The molecular formula is C12H15ClN4. The van der Waals surface area contributed by atoms with Crippen LogP contribution in [0.2, 0.25) is 5.02 Å². The molecule has 2 aromatic rings. The third kappa shape index (κ3) is 2.65. The molecule has 5 heteroatoms. The maximum Gasteiger partial charge on any atom is 0.138 e. The van der Waals surface area contributed by atoms with Crippen molar-refractivity contribution in [1.29, 1.82) is 0 Å². The van der Waals surface area contributed by atoms with E-state index >= 15 is 0 Å². The van der Waals surface area contributed by atoms with Gasteiger partial charge in [-0.1, -0.05) is 24.6 Å². The van der Waals surface area contributed by atoms with E-state index in [1.54, 1.807) is 11.0 Å². The summed E-state index contributed by atoms with van der Waals surface area (Å²) < 4.78 is 1.66. The molecule has 1 unspecified atom stereocenters. The van der Waals surface area contributed by atoms with Crippen LogP contribution in [0.1, 0.15) is 25.5 Å². The Morgan fingerprint density at radius 3 is 2.88 bits per heavy atom. The number of hydrogen-bond donors (Lipinski definition) is 1. The van der Waals surface area contributed by atoms with Crippen LogP contribution in [0.4, 0.5) is 0 Å². The van der Waals surface area contributed by atoms with Gasteiger partial charge in [-0.3, -0.25) is 0 Å². The quantitative estimate of drug-likeness (QED) is 0.907. The second-order valence-electron chi connectivity index (χ2n) is 3.83. The van der Waals surface area contributed by atoms with Crippen LogP contribution in [0, 0.1) is 0 Å². The van der Waals surface area contributed by atoms with Gasteiger partial charge in [-0.2, -0.15) is 5.10 Å². The Balaban J connectivity index is 2.29. The number of nitrogens with one attached hydrogen (secondary N) is 1. The number of rotatable bonds is 4. The second kappa shape index (κ2) is 5.29. The highest BCUT2D eigenvalue weighted by molar-refractivity contribution is 6.32. The van der Waals surface area contributed by atoms with Gasteiger partial charge in [0.25, 0.3) is 0 Å². The maximum absolute atomic E-state index is 6.25. The highest BCUT2D eigenvalue weighted by atomic mass is 35.5. The molecule has 0 aliphatic carbocycles. The zero-order chi connectivity index (χ0) is 12.3. The summed E-state index contributed by atoms with van der Waals surface area (Å²) in [6.07, 6.45) is 3.13. The van der Waals surface area contributed by atoms with Crippen molar-refractivity contribution in [3.63, 3.8) is 0 Å². The summed E-state index contributed by atoms with van der Waals surface area (Å²) in [6, 6.07) is 6.27. The van der Waals surface area contributed by atoms with Gasteiger partial charge < -0.3 is 5.32 Å². The Morgan fingerprint density at radius 2 is 2.29 bits per heavy atom. The molecule has 0 spiro atoms. The highest BCUT2D eigenvalue weighted by Gasteiger charge is 2.08. The predicted molar refractivity (Wildman–Crippen MR) is 68.5 cm³/mol. The van der Waals surface area contributed by atoms with E-state index < -0.39 is 0 Å².